The molecular formula is C21H45Cl4NOS. The van der Waals surface area contributed by atoms with Crippen LogP contribution in [0.2, 0.25) is 0 Å². The Balaban J connectivity index is -0.00000113. The lowest BCUT2D eigenvalue weighted by Crippen LogP contribution is -3.09. The third kappa shape index (κ3) is 37.9. The molecule has 0 aliphatic heterocycles. The van der Waals surface area contributed by atoms with Crippen LogP contribution in [0.5, 0.6) is 0 Å². The number of rotatable bonds is 19. The van der Waals surface area contributed by atoms with E-state index >= 15 is 0 Å². The molecule has 0 aliphatic rings. The maximum atomic E-state index is 9.09. The van der Waals surface area contributed by atoms with Gasteiger partial charge in [-0.2, -0.15) is 0 Å². The SMILES string of the molecule is CCCCCCCCCCCCCCCCCC[NH+](C)CCCl.O=S(Cl)Cl.[Cl-]. The van der Waals surface area contributed by atoms with Crippen molar-refractivity contribution in [3.63, 3.8) is 0 Å². The molecule has 174 valence electrons. The molecular weight excluding hydrogens is 456 g/mol. The van der Waals surface area contributed by atoms with E-state index in [4.69, 9.17) is 15.8 Å². The summed E-state index contributed by atoms with van der Waals surface area (Å²) in [4.78, 5) is 1.59. The molecule has 0 amide bonds. The summed E-state index contributed by atoms with van der Waals surface area (Å²) >= 11 is 5.75. The van der Waals surface area contributed by atoms with Gasteiger partial charge in [-0.3, -0.25) is 0 Å². The van der Waals surface area contributed by atoms with Crippen molar-refractivity contribution in [3.8, 4) is 0 Å². The van der Waals surface area contributed by atoms with Crippen molar-refractivity contribution in [1.82, 2.24) is 0 Å². The van der Waals surface area contributed by atoms with Gasteiger partial charge in [0.25, 0.3) is 0 Å². The van der Waals surface area contributed by atoms with Gasteiger partial charge in [0.1, 0.15) is 0 Å². The smallest absolute Gasteiger partial charge is 0.211 e. The Morgan fingerprint density at radius 1 is 0.643 bits per heavy atom. The summed E-state index contributed by atoms with van der Waals surface area (Å²) in [6, 6.07) is 0. The largest absolute Gasteiger partial charge is 1.00 e. The molecule has 0 heterocycles. The second kappa shape index (κ2) is 30.5. The Bertz CT molecular complexity index is 296. The van der Waals surface area contributed by atoms with E-state index in [9.17, 15) is 0 Å². The summed E-state index contributed by atoms with van der Waals surface area (Å²) in [5, 5.41) is 0. The summed E-state index contributed by atoms with van der Waals surface area (Å²) in [5.74, 6) is 0.796. The molecule has 0 rings (SSSR count). The Labute approximate surface area is 198 Å². The van der Waals surface area contributed by atoms with Crippen molar-refractivity contribution in [2.75, 3.05) is 26.0 Å². The predicted octanol–water partition coefficient (Wildman–Crippen LogP) is 4.05. The number of hydrogen-bond acceptors (Lipinski definition) is 1. The zero-order chi connectivity index (χ0) is 20.6. The van der Waals surface area contributed by atoms with Crippen LogP contribution < -0.4 is 17.3 Å². The first-order valence-electron chi connectivity index (χ1n) is 11.2. The molecule has 1 atom stereocenters. The van der Waals surface area contributed by atoms with Crippen molar-refractivity contribution in [1.29, 1.82) is 0 Å². The highest BCUT2D eigenvalue weighted by Crippen LogP contribution is 2.13. The standard InChI is InChI=1S/C21H44ClN.Cl2OS.ClH/c1-3-4-5-6-7-8-9-10-11-12-13-14-15-16-17-18-20-23(2)21-19-22;1-4(2)3;/h3-21H2,1-2H3;;1H. The van der Waals surface area contributed by atoms with Gasteiger partial charge in [0, 0.05) is 21.4 Å². The fourth-order valence-electron chi connectivity index (χ4n) is 3.26. The second-order valence-electron chi connectivity index (χ2n) is 7.63. The van der Waals surface area contributed by atoms with E-state index in [-0.39, 0.29) is 12.4 Å². The van der Waals surface area contributed by atoms with Gasteiger partial charge in [-0.05, 0) is 12.8 Å². The van der Waals surface area contributed by atoms with Gasteiger partial charge in [0.2, 0.25) is 9.23 Å². The molecule has 0 aromatic heterocycles. The second-order valence-corrected chi connectivity index (χ2v) is 10.5. The number of nitrogens with one attached hydrogen (secondary N) is 1. The molecule has 7 heteroatoms. The molecule has 0 saturated carbocycles. The first kappa shape index (κ1) is 33.9. The molecule has 0 spiro atoms. The molecule has 0 aliphatic carbocycles. The minimum atomic E-state index is -1.67. The van der Waals surface area contributed by atoms with E-state index in [1.165, 1.54) is 109 Å². The molecule has 0 aromatic carbocycles. The Morgan fingerprint density at radius 3 is 1.21 bits per heavy atom. The molecule has 0 aromatic rings. The van der Waals surface area contributed by atoms with Gasteiger partial charge in [0.05, 0.1) is 26.0 Å². The average Bonchev–Trinajstić information content (AvgIpc) is 2.61. The van der Waals surface area contributed by atoms with Crippen molar-refractivity contribution >= 4 is 42.2 Å². The van der Waals surface area contributed by atoms with Crippen LogP contribution in [0.15, 0.2) is 0 Å². The van der Waals surface area contributed by atoms with Crippen LogP contribution in [0.25, 0.3) is 0 Å². The lowest BCUT2D eigenvalue weighted by atomic mass is 10.0. The summed E-state index contributed by atoms with van der Waals surface area (Å²) in [5.41, 5.74) is 0. The fourth-order valence-corrected chi connectivity index (χ4v) is 3.58. The molecule has 1 unspecified atom stereocenters. The quantitative estimate of drug-likeness (QED) is 0.161. The molecule has 0 bridgehead atoms. The molecule has 2 nitrogen and oxygen atoms in total. The van der Waals surface area contributed by atoms with Gasteiger partial charge in [0.15, 0.2) is 0 Å². The van der Waals surface area contributed by atoms with E-state index in [0.717, 1.165) is 12.4 Å². The van der Waals surface area contributed by atoms with Gasteiger partial charge in [-0.25, -0.2) is 4.21 Å². The van der Waals surface area contributed by atoms with Crippen molar-refractivity contribution in [2.24, 2.45) is 0 Å². The maximum absolute atomic E-state index is 9.09. The molecule has 0 fully saturated rings. The predicted molar refractivity (Wildman–Crippen MR) is 127 cm³/mol. The lowest BCUT2D eigenvalue weighted by molar-refractivity contribution is -0.877. The number of hydrogen-bond donors (Lipinski definition) is 1. The van der Waals surface area contributed by atoms with Gasteiger partial charge in [-0.15, -0.1) is 11.6 Å². The first-order valence-corrected chi connectivity index (χ1v) is 14.5. The van der Waals surface area contributed by atoms with Crippen molar-refractivity contribution < 1.29 is 21.5 Å². The van der Waals surface area contributed by atoms with Crippen LogP contribution in [-0.4, -0.2) is 30.2 Å². The maximum Gasteiger partial charge on any atom is 0.211 e. The monoisotopic (exact) mass is 499 g/mol. The van der Waals surface area contributed by atoms with E-state index < -0.39 is 9.23 Å². The Morgan fingerprint density at radius 2 is 0.929 bits per heavy atom. The number of halogens is 4. The molecule has 0 radical (unpaired) electrons. The number of unbranched alkanes of at least 4 members (excludes halogenated alkanes) is 15. The minimum absolute atomic E-state index is 0. The zero-order valence-corrected chi connectivity index (χ0v) is 22.1. The van der Waals surface area contributed by atoms with Crippen molar-refractivity contribution in [2.45, 2.75) is 110 Å². The van der Waals surface area contributed by atoms with Crippen LogP contribution in [0.3, 0.4) is 0 Å². The highest BCUT2D eigenvalue weighted by atomic mass is 36.0. The number of alkyl halides is 1. The van der Waals surface area contributed by atoms with Crippen molar-refractivity contribution in [3.05, 3.63) is 0 Å². The van der Waals surface area contributed by atoms with E-state index in [1.54, 1.807) is 4.90 Å². The van der Waals surface area contributed by atoms with Gasteiger partial charge in [-0.1, -0.05) is 96.8 Å². The fraction of sp³-hybridized carbons (Fsp3) is 1.00. The van der Waals surface area contributed by atoms with E-state index in [2.05, 4.69) is 35.3 Å². The van der Waals surface area contributed by atoms with Crippen LogP contribution in [0, 0.1) is 0 Å². The third-order valence-corrected chi connectivity index (χ3v) is 5.17. The lowest BCUT2D eigenvalue weighted by Gasteiger charge is -2.11. The molecule has 0 saturated heterocycles. The summed E-state index contributed by atoms with van der Waals surface area (Å²) < 4.78 is 9.09. The summed E-state index contributed by atoms with van der Waals surface area (Å²) in [7, 11) is 9.62. The summed E-state index contributed by atoms with van der Waals surface area (Å²) in [6.45, 7) is 4.70. The van der Waals surface area contributed by atoms with E-state index in [1.807, 2.05) is 0 Å². The molecule has 1 N–H and O–H groups in total. The third-order valence-electron chi connectivity index (χ3n) is 4.98. The summed E-state index contributed by atoms with van der Waals surface area (Å²) in [6.07, 6.45) is 23.2. The Kier molecular flexibility index (Phi) is 36.9. The topological polar surface area (TPSA) is 21.5 Å². The average molecular weight is 501 g/mol. The van der Waals surface area contributed by atoms with Crippen LogP contribution in [0.4, 0.5) is 0 Å². The first-order chi connectivity index (χ1) is 13.0. The number of quaternary nitrogens is 1. The van der Waals surface area contributed by atoms with Gasteiger partial charge < -0.3 is 17.3 Å². The minimum Gasteiger partial charge on any atom is -1.00 e. The van der Waals surface area contributed by atoms with E-state index in [0.29, 0.717) is 0 Å². The normalized spacial score (nSPS) is 11.6. The van der Waals surface area contributed by atoms with Crippen LogP contribution >= 0.6 is 33.0 Å². The van der Waals surface area contributed by atoms with Gasteiger partial charge >= 0.3 is 0 Å². The Hall–Kier alpha value is 1.27. The van der Waals surface area contributed by atoms with Crippen LogP contribution in [-0.2, 0) is 9.23 Å². The molecule has 28 heavy (non-hydrogen) atoms. The highest BCUT2D eigenvalue weighted by Gasteiger charge is 1.99. The zero-order valence-electron chi connectivity index (χ0n) is 18.3. The highest BCUT2D eigenvalue weighted by molar-refractivity contribution is 8.26. The van der Waals surface area contributed by atoms with Crippen LogP contribution in [0.1, 0.15) is 110 Å².